The fraction of sp³-hybridized carbons (Fsp3) is 0.600. The van der Waals surface area contributed by atoms with E-state index in [4.69, 9.17) is 11.6 Å². The van der Waals surface area contributed by atoms with Gasteiger partial charge in [-0.1, -0.05) is 60.8 Å². The summed E-state index contributed by atoms with van der Waals surface area (Å²) in [6.07, 6.45) is 3.36. The smallest absolute Gasteiger partial charge is 0.0449 e. The molecule has 1 aromatic rings. The Hall–Kier alpha value is -0.0500. The van der Waals surface area contributed by atoms with E-state index in [1.54, 1.807) is 0 Å². The van der Waals surface area contributed by atoms with Crippen molar-refractivity contribution in [2.24, 2.45) is 5.92 Å². The second-order valence-corrected chi connectivity index (χ2v) is 6.21. The van der Waals surface area contributed by atoms with Crippen molar-refractivity contribution in [1.29, 1.82) is 0 Å². The lowest BCUT2D eigenvalue weighted by molar-refractivity contribution is 0.365. The molecule has 0 saturated carbocycles. The summed E-state index contributed by atoms with van der Waals surface area (Å²) in [5, 5.41) is 4.50. The van der Waals surface area contributed by atoms with Gasteiger partial charge in [-0.05, 0) is 43.0 Å². The molecule has 0 aliphatic carbocycles. The summed E-state index contributed by atoms with van der Waals surface area (Å²) in [7, 11) is 0. The maximum Gasteiger partial charge on any atom is 0.0449 e. The Morgan fingerprint density at radius 1 is 1.33 bits per heavy atom. The van der Waals surface area contributed by atoms with Crippen LogP contribution in [-0.4, -0.2) is 12.6 Å². The van der Waals surface area contributed by atoms with Gasteiger partial charge >= 0.3 is 0 Å². The first-order chi connectivity index (χ1) is 8.58. The Bertz CT molecular complexity index is 368. The highest BCUT2D eigenvalue weighted by Crippen LogP contribution is 2.24. The van der Waals surface area contributed by atoms with Gasteiger partial charge in [0, 0.05) is 15.5 Å². The molecule has 1 aromatic carbocycles. The Morgan fingerprint density at radius 2 is 2.06 bits per heavy atom. The standard InChI is InChI=1S/C15H23BrClN/c1-4-8-18-15(11(3)5-2)9-12-6-7-13(16)10-14(12)17/h6-7,10-11,15,18H,4-5,8-9H2,1-3H3. The van der Waals surface area contributed by atoms with Crippen molar-refractivity contribution in [2.75, 3.05) is 6.54 Å². The van der Waals surface area contributed by atoms with Crippen LogP contribution in [0.3, 0.4) is 0 Å². The number of nitrogens with one attached hydrogen (secondary N) is 1. The van der Waals surface area contributed by atoms with Crippen LogP contribution in [0.5, 0.6) is 0 Å². The van der Waals surface area contributed by atoms with Crippen LogP contribution in [0.4, 0.5) is 0 Å². The van der Waals surface area contributed by atoms with Crippen molar-refractivity contribution in [3.63, 3.8) is 0 Å². The lowest BCUT2D eigenvalue weighted by atomic mass is 9.93. The lowest BCUT2D eigenvalue weighted by Crippen LogP contribution is -2.37. The van der Waals surface area contributed by atoms with Gasteiger partial charge < -0.3 is 5.32 Å². The summed E-state index contributed by atoms with van der Waals surface area (Å²) in [6, 6.07) is 6.67. The molecule has 0 radical (unpaired) electrons. The molecule has 0 spiro atoms. The minimum atomic E-state index is 0.508. The van der Waals surface area contributed by atoms with Gasteiger partial charge in [0.15, 0.2) is 0 Å². The van der Waals surface area contributed by atoms with Crippen LogP contribution in [0.2, 0.25) is 5.02 Å². The Morgan fingerprint density at radius 3 is 2.61 bits per heavy atom. The first-order valence-electron chi connectivity index (χ1n) is 6.75. The fourth-order valence-corrected chi connectivity index (χ4v) is 2.76. The SMILES string of the molecule is CCCNC(Cc1ccc(Br)cc1Cl)C(C)CC. The number of hydrogen-bond acceptors (Lipinski definition) is 1. The lowest BCUT2D eigenvalue weighted by Gasteiger charge is -2.25. The second-order valence-electron chi connectivity index (χ2n) is 4.89. The molecule has 2 atom stereocenters. The Balaban J connectivity index is 2.75. The highest BCUT2D eigenvalue weighted by molar-refractivity contribution is 9.10. The third-order valence-electron chi connectivity index (χ3n) is 3.44. The maximum atomic E-state index is 6.30. The van der Waals surface area contributed by atoms with Crippen molar-refractivity contribution < 1.29 is 0 Å². The largest absolute Gasteiger partial charge is 0.313 e. The molecule has 1 nitrogen and oxygen atoms in total. The predicted octanol–water partition coefficient (Wildman–Crippen LogP) is 5.06. The quantitative estimate of drug-likeness (QED) is 0.736. The number of hydrogen-bond donors (Lipinski definition) is 1. The van der Waals surface area contributed by atoms with Gasteiger partial charge in [-0.2, -0.15) is 0 Å². The third-order valence-corrected chi connectivity index (χ3v) is 4.29. The molecule has 1 rings (SSSR count). The molecule has 0 heterocycles. The zero-order valence-electron chi connectivity index (χ0n) is 11.5. The second kappa shape index (κ2) is 8.19. The molecule has 1 N–H and O–H groups in total. The first-order valence-corrected chi connectivity index (χ1v) is 7.92. The monoisotopic (exact) mass is 331 g/mol. The third kappa shape index (κ3) is 4.91. The van der Waals surface area contributed by atoms with Gasteiger partial charge in [-0.15, -0.1) is 0 Å². The molecule has 0 aliphatic heterocycles. The Labute approximate surface area is 124 Å². The molecule has 3 heteroatoms. The van der Waals surface area contributed by atoms with Crippen molar-refractivity contribution in [1.82, 2.24) is 5.32 Å². The van der Waals surface area contributed by atoms with E-state index >= 15 is 0 Å². The molecular weight excluding hydrogens is 310 g/mol. The van der Waals surface area contributed by atoms with Crippen LogP contribution >= 0.6 is 27.5 Å². The van der Waals surface area contributed by atoms with E-state index in [-0.39, 0.29) is 0 Å². The van der Waals surface area contributed by atoms with Crippen molar-refractivity contribution in [2.45, 2.75) is 46.1 Å². The van der Waals surface area contributed by atoms with Crippen LogP contribution in [-0.2, 0) is 6.42 Å². The molecule has 0 aromatic heterocycles. The average Bonchev–Trinajstić information content (AvgIpc) is 2.36. The van der Waals surface area contributed by atoms with Crippen LogP contribution < -0.4 is 5.32 Å². The van der Waals surface area contributed by atoms with E-state index in [0.717, 1.165) is 22.5 Å². The van der Waals surface area contributed by atoms with E-state index in [1.807, 2.05) is 6.07 Å². The van der Waals surface area contributed by atoms with Crippen molar-refractivity contribution in [3.8, 4) is 0 Å². The predicted molar refractivity (Wildman–Crippen MR) is 84.4 cm³/mol. The topological polar surface area (TPSA) is 12.0 Å². The minimum absolute atomic E-state index is 0.508. The molecule has 0 amide bonds. The fourth-order valence-electron chi connectivity index (χ4n) is 2.01. The number of benzene rings is 1. The van der Waals surface area contributed by atoms with Gasteiger partial charge in [-0.3, -0.25) is 0 Å². The normalized spacial score (nSPS) is 14.5. The highest BCUT2D eigenvalue weighted by Gasteiger charge is 2.16. The van der Waals surface area contributed by atoms with E-state index in [9.17, 15) is 0 Å². The van der Waals surface area contributed by atoms with Gasteiger partial charge in [0.2, 0.25) is 0 Å². The number of rotatable bonds is 7. The molecule has 0 aliphatic rings. The van der Waals surface area contributed by atoms with E-state index in [1.165, 1.54) is 18.4 Å². The maximum absolute atomic E-state index is 6.30. The zero-order valence-corrected chi connectivity index (χ0v) is 13.8. The van der Waals surface area contributed by atoms with Crippen LogP contribution in [0.25, 0.3) is 0 Å². The average molecular weight is 333 g/mol. The van der Waals surface area contributed by atoms with Gasteiger partial charge in [0.25, 0.3) is 0 Å². The van der Waals surface area contributed by atoms with Crippen molar-refractivity contribution in [3.05, 3.63) is 33.3 Å². The van der Waals surface area contributed by atoms with Crippen LogP contribution in [0, 0.1) is 5.92 Å². The summed E-state index contributed by atoms with van der Waals surface area (Å²) in [4.78, 5) is 0. The summed E-state index contributed by atoms with van der Waals surface area (Å²) < 4.78 is 1.04. The van der Waals surface area contributed by atoms with Gasteiger partial charge in [-0.25, -0.2) is 0 Å². The molecule has 102 valence electrons. The minimum Gasteiger partial charge on any atom is -0.313 e. The summed E-state index contributed by atoms with van der Waals surface area (Å²) in [6.45, 7) is 7.82. The Kier molecular flexibility index (Phi) is 7.28. The number of halogens is 2. The molecule has 0 fully saturated rings. The van der Waals surface area contributed by atoms with E-state index < -0.39 is 0 Å². The molecule has 0 saturated heterocycles. The molecule has 18 heavy (non-hydrogen) atoms. The summed E-state index contributed by atoms with van der Waals surface area (Å²) in [5.74, 6) is 0.663. The van der Waals surface area contributed by atoms with Crippen LogP contribution in [0.1, 0.15) is 39.2 Å². The van der Waals surface area contributed by atoms with Crippen LogP contribution in [0.15, 0.2) is 22.7 Å². The zero-order chi connectivity index (χ0) is 13.5. The molecule has 0 bridgehead atoms. The summed E-state index contributed by atoms with van der Waals surface area (Å²) >= 11 is 9.74. The first kappa shape index (κ1) is 16.0. The van der Waals surface area contributed by atoms with E-state index in [2.05, 4.69) is 54.2 Å². The van der Waals surface area contributed by atoms with Gasteiger partial charge in [0.1, 0.15) is 0 Å². The molecular formula is C15H23BrClN. The van der Waals surface area contributed by atoms with Gasteiger partial charge in [0.05, 0.1) is 0 Å². The summed E-state index contributed by atoms with van der Waals surface area (Å²) in [5.41, 5.74) is 1.23. The van der Waals surface area contributed by atoms with E-state index in [0.29, 0.717) is 12.0 Å². The molecule has 2 unspecified atom stereocenters. The van der Waals surface area contributed by atoms with Crippen molar-refractivity contribution >= 4 is 27.5 Å². The highest BCUT2D eigenvalue weighted by atomic mass is 79.9.